The Bertz CT molecular complexity index is 1750. The number of hydrogen-bond acceptors (Lipinski definition) is 10. The van der Waals surface area contributed by atoms with Crippen molar-refractivity contribution < 1.29 is 65.0 Å². The van der Waals surface area contributed by atoms with Gasteiger partial charge in [-0.2, -0.15) is 9.13 Å². The average Bonchev–Trinajstić information content (AvgIpc) is 3.06. The number of aromatic carboxylic acids is 2. The largest absolute Gasteiger partial charge is 2.00 e. The van der Waals surface area contributed by atoms with Crippen LogP contribution in [0.3, 0.4) is 0 Å². The van der Waals surface area contributed by atoms with Crippen LogP contribution in [0, 0.1) is 11.6 Å². The van der Waals surface area contributed by atoms with Gasteiger partial charge in [-0.1, -0.05) is 11.5 Å². The van der Waals surface area contributed by atoms with Gasteiger partial charge in [-0.15, -0.1) is 0 Å². The zero-order chi connectivity index (χ0) is 34.9. The van der Waals surface area contributed by atoms with E-state index in [1.54, 1.807) is 21.3 Å². The second-order valence-corrected chi connectivity index (χ2v) is 12.1. The number of benzene rings is 2. The number of carboxylic acids is 2. The molecular weight excluding hydrogens is 690 g/mol. The summed E-state index contributed by atoms with van der Waals surface area (Å²) in [6, 6.07) is 5.56. The summed E-state index contributed by atoms with van der Waals surface area (Å²) in [5.74, 6) is -5.54. The van der Waals surface area contributed by atoms with Gasteiger partial charge in [-0.3, -0.25) is 0 Å². The van der Waals surface area contributed by atoms with Gasteiger partial charge in [-0.25, -0.2) is 8.78 Å². The molecule has 1 radical (unpaired) electrons. The van der Waals surface area contributed by atoms with Crippen LogP contribution in [0.4, 0.5) is 20.2 Å². The van der Waals surface area contributed by atoms with Crippen LogP contribution < -0.4 is 39.4 Å². The van der Waals surface area contributed by atoms with E-state index >= 15 is 0 Å². The normalized spacial score (nSPS) is 15.6. The molecular formula is C34H38CuF2N6O6. The molecule has 2 saturated heterocycles. The molecule has 0 unspecified atom stereocenters. The van der Waals surface area contributed by atoms with Crippen LogP contribution in [-0.4, -0.2) is 88.2 Å². The topological polar surface area (TPSA) is 147 Å². The van der Waals surface area contributed by atoms with Gasteiger partial charge in [-0.05, 0) is 40.1 Å². The van der Waals surface area contributed by atoms with E-state index in [-0.39, 0.29) is 27.8 Å². The Morgan fingerprint density at radius 3 is 1.27 bits per heavy atom. The predicted octanol–water partition coefficient (Wildman–Crippen LogP) is -1.05. The van der Waals surface area contributed by atoms with Gasteiger partial charge < -0.3 is 49.6 Å². The van der Waals surface area contributed by atoms with Gasteiger partial charge >= 0.3 is 17.1 Å². The Balaban J connectivity index is 0.000000216. The van der Waals surface area contributed by atoms with E-state index in [1.807, 2.05) is 37.7 Å². The molecule has 2 fully saturated rings. The summed E-state index contributed by atoms with van der Waals surface area (Å²) in [5.41, 5.74) is 1.05. The number of halogens is 2. The first-order chi connectivity index (χ1) is 22.8. The molecule has 2 aliphatic rings. The number of likely N-dealkylation sites (N-methyl/N-ethyl adjacent to an activating group) is 2. The molecule has 0 bridgehead atoms. The van der Waals surface area contributed by atoms with Crippen molar-refractivity contribution in [3.63, 3.8) is 0 Å². The summed E-state index contributed by atoms with van der Waals surface area (Å²) in [5, 5.41) is 47.0. The van der Waals surface area contributed by atoms with Crippen LogP contribution in [0.25, 0.3) is 21.8 Å². The summed E-state index contributed by atoms with van der Waals surface area (Å²) in [6.07, 6.45) is 2.54. The summed E-state index contributed by atoms with van der Waals surface area (Å²) in [7, 11) is 4.04. The number of carboxylic acid groups (broad SMARTS) is 2. The maximum Gasteiger partial charge on any atom is 2.00 e. The minimum atomic E-state index is -1.55. The quantitative estimate of drug-likeness (QED) is 0.178. The molecule has 2 aliphatic heterocycles. The van der Waals surface area contributed by atoms with E-state index in [0.29, 0.717) is 61.7 Å². The summed E-state index contributed by atoms with van der Waals surface area (Å²) < 4.78 is 32.4. The minimum absolute atomic E-state index is 0. The SMILES string of the molecule is CC[n+]1cc(C(=O)[O-])c([O-])c2cc(F)c(N3CCN(C)CC3)cc21.CC[n+]1cc(C(=O)[O-])c([O-])c2cc(F)c(N3CCN(C)CC3)cc21.[Cu+2]. The van der Waals surface area contributed by atoms with Crippen molar-refractivity contribution in [1.29, 1.82) is 0 Å². The summed E-state index contributed by atoms with van der Waals surface area (Å²) >= 11 is 0. The number of fused-ring (bicyclic) bond motifs is 2. The summed E-state index contributed by atoms with van der Waals surface area (Å²) in [6.45, 7) is 10.7. The number of aromatic nitrogens is 2. The van der Waals surface area contributed by atoms with Crippen molar-refractivity contribution in [3.05, 3.63) is 59.4 Å². The van der Waals surface area contributed by atoms with Crippen LogP contribution in [-0.2, 0) is 30.2 Å². The van der Waals surface area contributed by atoms with Gasteiger partial charge in [0.25, 0.3) is 0 Å². The molecule has 0 amide bonds. The molecule has 15 heteroatoms. The average molecular weight is 728 g/mol. The smallest absolute Gasteiger partial charge is 0.871 e. The summed E-state index contributed by atoms with van der Waals surface area (Å²) in [4.78, 5) is 30.5. The Labute approximate surface area is 293 Å². The number of aryl methyl sites for hydroxylation is 2. The molecule has 265 valence electrons. The first-order valence-corrected chi connectivity index (χ1v) is 15.9. The number of rotatable bonds is 6. The van der Waals surface area contributed by atoms with Crippen molar-refractivity contribution in [1.82, 2.24) is 9.80 Å². The van der Waals surface area contributed by atoms with Gasteiger partial charge in [0.1, 0.15) is 24.7 Å². The van der Waals surface area contributed by atoms with Crippen molar-refractivity contribution in [2.75, 3.05) is 76.3 Å². The van der Waals surface area contributed by atoms with Crippen molar-refractivity contribution in [3.8, 4) is 11.5 Å². The first kappa shape index (κ1) is 37.5. The first-order valence-electron chi connectivity index (χ1n) is 15.9. The minimum Gasteiger partial charge on any atom is -0.871 e. The Morgan fingerprint density at radius 2 is 0.980 bits per heavy atom. The Morgan fingerprint density at radius 1 is 0.653 bits per heavy atom. The monoisotopic (exact) mass is 727 g/mol. The molecule has 4 heterocycles. The fourth-order valence-electron chi connectivity index (χ4n) is 6.19. The fourth-order valence-corrected chi connectivity index (χ4v) is 6.19. The zero-order valence-corrected chi connectivity index (χ0v) is 28.7. The van der Waals surface area contributed by atoms with Crippen molar-refractivity contribution in [2.24, 2.45) is 0 Å². The van der Waals surface area contributed by atoms with E-state index in [2.05, 4.69) is 9.80 Å². The van der Waals surface area contributed by atoms with Gasteiger partial charge in [0.2, 0.25) is 11.0 Å². The van der Waals surface area contributed by atoms with Crippen molar-refractivity contribution >= 4 is 45.1 Å². The maximum atomic E-state index is 14.6. The van der Waals surface area contributed by atoms with Crippen molar-refractivity contribution in [2.45, 2.75) is 26.9 Å². The number of nitrogens with zero attached hydrogens (tertiary/aromatic N) is 6. The fraction of sp³-hybridized carbons (Fsp3) is 0.412. The Kier molecular flexibility index (Phi) is 11.9. The van der Waals surface area contributed by atoms with Crippen LogP contribution in [0.1, 0.15) is 34.6 Å². The molecule has 2 aromatic heterocycles. The molecule has 2 aromatic carbocycles. The van der Waals surface area contributed by atoms with E-state index in [4.69, 9.17) is 0 Å². The molecule has 0 N–H and O–H groups in total. The molecule has 0 atom stereocenters. The molecule has 0 spiro atoms. The molecule has 12 nitrogen and oxygen atoms in total. The molecule has 0 saturated carbocycles. The van der Waals surface area contributed by atoms with E-state index in [1.165, 1.54) is 12.4 Å². The second-order valence-electron chi connectivity index (χ2n) is 12.1. The predicted molar refractivity (Wildman–Crippen MR) is 167 cm³/mol. The van der Waals surface area contributed by atoms with Gasteiger partial charge in [0, 0.05) is 75.3 Å². The van der Waals surface area contributed by atoms with E-state index < -0.39 is 46.2 Å². The second kappa shape index (κ2) is 15.5. The van der Waals surface area contributed by atoms with Crippen LogP contribution in [0.15, 0.2) is 36.7 Å². The number of carbonyl (C=O) groups excluding carboxylic acids is 2. The third kappa shape index (κ3) is 7.64. The maximum absolute atomic E-state index is 14.6. The number of piperazine rings is 2. The number of anilines is 2. The van der Waals surface area contributed by atoms with E-state index in [0.717, 1.165) is 38.3 Å². The Hall–Kier alpha value is -4.30. The number of pyridine rings is 2. The third-order valence-corrected chi connectivity index (χ3v) is 9.11. The molecule has 49 heavy (non-hydrogen) atoms. The van der Waals surface area contributed by atoms with E-state index in [9.17, 15) is 38.8 Å². The van der Waals surface area contributed by atoms with Gasteiger partial charge in [0.05, 0.1) is 34.4 Å². The third-order valence-electron chi connectivity index (χ3n) is 9.11. The number of hydrogen-bond donors (Lipinski definition) is 0. The standard InChI is InChI=1S/2C17H20FN3O3.Cu/c2*1-3-20-10-12(17(23)24)16(22)11-8-13(18)15(9-14(11)20)21-6-4-19(2)5-7-21;/h2*8-10H,3-7H2,1-2H3,(H,23,24);/q;;+2/p-2. The molecule has 4 aromatic rings. The van der Waals surface area contributed by atoms with Gasteiger partial charge in [0.15, 0.2) is 12.4 Å². The molecule has 0 aliphatic carbocycles. The zero-order valence-electron chi connectivity index (χ0n) is 27.7. The van der Waals surface area contributed by atoms with Crippen LogP contribution in [0.2, 0.25) is 0 Å². The van der Waals surface area contributed by atoms with Crippen LogP contribution >= 0.6 is 0 Å². The molecule has 6 rings (SSSR count). The number of carbonyl (C=O) groups is 2. The van der Waals surface area contributed by atoms with Crippen LogP contribution in [0.5, 0.6) is 11.5 Å².